The van der Waals surface area contributed by atoms with Crippen molar-refractivity contribution >= 4 is 27.1 Å². The van der Waals surface area contributed by atoms with Crippen LogP contribution in [-0.2, 0) is 14.8 Å². The first-order valence-electron chi connectivity index (χ1n) is 10.6. The number of morpholine rings is 1. The van der Waals surface area contributed by atoms with Gasteiger partial charge in [0, 0.05) is 44.0 Å². The number of benzene rings is 2. The van der Waals surface area contributed by atoms with E-state index in [1.807, 2.05) is 30.3 Å². The molecule has 0 aliphatic carbocycles. The summed E-state index contributed by atoms with van der Waals surface area (Å²) in [6.07, 6.45) is 1.49. The minimum Gasteiger partial charge on any atom is -0.439 e. The average Bonchev–Trinajstić information content (AvgIpc) is 2.83. The Morgan fingerprint density at radius 1 is 1.06 bits per heavy atom. The molecule has 10 heteroatoms. The van der Waals surface area contributed by atoms with Crippen LogP contribution in [0.1, 0.15) is 0 Å². The van der Waals surface area contributed by atoms with Gasteiger partial charge >= 0.3 is 0 Å². The number of para-hydroxylation sites is 1. The zero-order valence-electron chi connectivity index (χ0n) is 18.1. The van der Waals surface area contributed by atoms with Gasteiger partial charge in [0.1, 0.15) is 5.75 Å². The summed E-state index contributed by atoms with van der Waals surface area (Å²) < 4.78 is 39.2. The zero-order chi connectivity index (χ0) is 23.1. The lowest BCUT2D eigenvalue weighted by molar-refractivity contribution is 0.0390. The topological polar surface area (TPSA) is 119 Å². The van der Waals surface area contributed by atoms with Gasteiger partial charge in [-0.05, 0) is 24.3 Å². The number of ether oxygens (including phenoxy) is 2. The molecular weight excluding hydrogens is 442 g/mol. The Kier molecular flexibility index (Phi) is 7.40. The molecule has 9 nitrogen and oxygen atoms in total. The summed E-state index contributed by atoms with van der Waals surface area (Å²) in [5.74, 6) is 0.645. The van der Waals surface area contributed by atoms with Crippen molar-refractivity contribution < 1.29 is 17.9 Å². The number of nitrogens with one attached hydrogen (secondary N) is 2. The summed E-state index contributed by atoms with van der Waals surface area (Å²) in [6.45, 7) is 3.91. The summed E-state index contributed by atoms with van der Waals surface area (Å²) in [4.78, 5) is 6.49. The van der Waals surface area contributed by atoms with Gasteiger partial charge in [-0.3, -0.25) is 4.90 Å². The maximum absolute atomic E-state index is 12.7. The normalized spacial score (nSPS) is 14.7. The van der Waals surface area contributed by atoms with Crippen molar-refractivity contribution in [3.05, 3.63) is 66.9 Å². The molecule has 2 aromatic carbocycles. The van der Waals surface area contributed by atoms with Gasteiger partial charge < -0.3 is 20.5 Å². The minimum absolute atomic E-state index is 0.125. The fourth-order valence-electron chi connectivity index (χ4n) is 3.36. The third kappa shape index (κ3) is 6.42. The van der Waals surface area contributed by atoms with Crippen LogP contribution in [0.15, 0.2) is 71.8 Å². The summed E-state index contributed by atoms with van der Waals surface area (Å²) in [5.41, 5.74) is 8.01. The molecule has 3 aromatic rings. The van der Waals surface area contributed by atoms with Crippen molar-refractivity contribution in [1.82, 2.24) is 14.6 Å². The molecule has 2 heterocycles. The molecule has 1 fully saturated rings. The van der Waals surface area contributed by atoms with Crippen LogP contribution in [-0.4, -0.2) is 57.7 Å². The Balaban J connectivity index is 1.41. The number of nitrogen functional groups attached to an aromatic ring is 1. The van der Waals surface area contributed by atoms with Gasteiger partial charge in [-0.25, -0.2) is 18.1 Å². The van der Waals surface area contributed by atoms with Gasteiger partial charge in [-0.15, -0.1) is 0 Å². The van der Waals surface area contributed by atoms with E-state index in [0.29, 0.717) is 43.4 Å². The SMILES string of the molecule is Nc1cnc(Oc2cccc(S(=O)(=O)NCCN3CCOCC3)c2)cc1Nc1ccccc1. The van der Waals surface area contributed by atoms with Gasteiger partial charge in [0.15, 0.2) is 0 Å². The monoisotopic (exact) mass is 469 g/mol. The van der Waals surface area contributed by atoms with E-state index >= 15 is 0 Å². The molecule has 33 heavy (non-hydrogen) atoms. The Labute approximate surface area is 193 Å². The number of anilines is 3. The standard InChI is InChI=1S/C23H27N5O4S/c24-21-17-25-23(16-22(21)27-18-5-2-1-3-6-18)32-19-7-4-8-20(15-19)33(29,30)26-9-10-28-11-13-31-14-12-28/h1-8,15-17,26H,9-14,24H2,(H,25,27). The third-order valence-corrected chi connectivity index (χ3v) is 6.58. The first kappa shape index (κ1) is 23.0. The van der Waals surface area contributed by atoms with E-state index in [0.717, 1.165) is 18.8 Å². The van der Waals surface area contributed by atoms with E-state index < -0.39 is 10.0 Å². The second-order valence-corrected chi connectivity index (χ2v) is 9.30. The Hall–Kier alpha value is -3.18. The van der Waals surface area contributed by atoms with Gasteiger partial charge in [0.25, 0.3) is 0 Å². The van der Waals surface area contributed by atoms with Crippen LogP contribution < -0.4 is 20.5 Å². The lowest BCUT2D eigenvalue weighted by atomic mass is 10.3. The van der Waals surface area contributed by atoms with Crippen molar-refractivity contribution in [2.75, 3.05) is 50.4 Å². The molecule has 174 valence electrons. The predicted octanol–water partition coefficient (Wildman–Crippen LogP) is 2.81. The van der Waals surface area contributed by atoms with Crippen molar-refractivity contribution in [2.24, 2.45) is 0 Å². The number of aromatic nitrogens is 1. The van der Waals surface area contributed by atoms with E-state index in [2.05, 4.69) is 19.9 Å². The van der Waals surface area contributed by atoms with Crippen molar-refractivity contribution in [2.45, 2.75) is 4.90 Å². The minimum atomic E-state index is -3.67. The van der Waals surface area contributed by atoms with Gasteiger partial charge in [-0.2, -0.15) is 0 Å². The van der Waals surface area contributed by atoms with Crippen LogP contribution >= 0.6 is 0 Å². The van der Waals surface area contributed by atoms with Gasteiger partial charge in [0.2, 0.25) is 15.9 Å². The number of hydrogen-bond donors (Lipinski definition) is 3. The lowest BCUT2D eigenvalue weighted by Crippen LogP contribution is -2.41. The van der Waals surface area contributed by atoms with Gasteiger partial charge in [-0.1, -0.05) is 24.3 Å². The number of pyridine rings is 1. The maximum atomic E-state index is 12.7. The third-order valence-electron chi connectivity index (χ3n) is 5.12. The zero-order valence-corrected chi connectivity index (χ0v) is 18.9. The Morgan fingerprint density at radius 2 is 1.85 bits per heavy atom. The summed E-state index contributed by atoms with van der Waals surface area (Å²) in [7, 11) is -3.67. The summed E-state index contributed by atoms with van der Waals surface area (Å²) in [6, 6.07) is 17.6. The van der Waals surface area contributed by atoms with Crippen LogP contribution in [0.4, 0.5) is 17.1 Å². The van der Waals surface area contributed by atoms with E-state index in [1.54, 1.807) is 18.2 Å². The molecule has 1 aliphatic heterocycles. The summed E-state index contributed by atoms with van der Waals surface area (Å²) in [5, 5.41) is 3.22. The average molecular weight is 470 g/mol. The van der Waals surface area contributed by atoms with E-state index in [1.165, 1.54) is 18.3 Å². The quantitative estimate of drug-likeness (QED) is 0.438. The molecule has 0 amide bonds. The highest BCUT2D eigenvalue weighted by atomic mass is 32.2. The van der Waals surface area contributed by atoms with Crippen molar-refractivity contribution in [1.29, 1.82) is 0 Å². The van der Waals surface area contributed by atoms with Crippen LogP contribution in [0.25, 0.3) is 0 Å². The van der Waals surface area contributed by atoms with E-state index in [9.17, 15) is 8.42 Å². The number of sulfonamides is 1. The highest BCUT2D eigenvalue weighted by Crippen LogP contribution is 2.29. The second-order valence-electron chi connectivity index (χ2n) is 7.53. The van der Waals surface area contributed by atoms with Crippen LogP contribution in [0, 0.1) is 0 Å². The first-order chi connectivity index (χ1) is 16.0. The molecule has 4 rings (SSSR count). The maximum Gasteiger partial charge on any atom is 0.240 e. The molecule has 0 unspecified atom stereocenters. The number of nitrogens with two attached hydrogens (primary N) is 1. The van der Waals surface area contributed by atoms with Crippen molar-refractivity contribution in [3.8, 4) is 11.6 Å². The van der Waals surface area contributed by atoms with E-state index in [4.69, 9.17) is 15.2 Å². The smallest absolute Gasteiger partial charge is 0.240 e. The molecule has 1 saturated heterocycles. The lowest BCUT2D eigenvalue weighted by Gasteiger charge is -2.26. The number of rotatable bonds is 9. The molecular formula is C23H27N5O4S. The van der Waals surface area contributed by atoms with Crippen LogP contribution in [0.5, 0.6) is 11.6 Å². The van der Waals surface area contributed by atoms with Crippen LogP contribution in [0.2, 0.25) is 0 Å². The molecule has 1 aromatic heterocycles. The highest BCUT2D eigenvalue weighted by molar-refractivity contribution is 7.89. The molecule has 0 saturated carbocycles. The fraction of sp³-hybridized carbons (Fsp3) is 0.261. The molecule has 0 bridgehead atoms. The molecule has 1 aliphatic rings. The Bertz CT molecular complexity index is 1170. The van der Waals surface area contributed by atoms with Crippen LogP contribution in [0.3, 0.4) is 0 Å². The number of hydrogen-bond acceptors (Lipinski definition) is 8. The Morgan fingerprint density at radius 3 is 2.64 bits per heavy atom. The van der Waals surface area contributed by atoms with E-state index in [-0.39, 0.29) is 10.8 Å². The largest absolute Gasteiger partial charge is 0.439 e. The second kappa shape index (κ2) is 10.6. The molecule has 0 spiro atoms. The molecule has 0 radical (unpaired) electrons. The molecule has 0 atom stereocenters. The molecule has 4 N–H and O–H groups in total. The highest BCUT2D eigenvalue weighted by Gasteiger charge is 2.17. The van der Waals surface area contributed by atoms with Gasteiger partial charge in [0.05, 0.1) is 35.7 Å². The predicted molar refractivity (Wildman–Crippen MR) is 127 cm³/mol. The van der Waals surface area contributed by atoms with Crippen molar-refractivity contribution in [3.63, 3.8) is 0 Å². The first-order valence-corrected chi connectivity index (χ1v) is 12.1. The fourth-order valence-corrected chi connectivity index (χ4v) is 4.42. The summed E-state index contributed by atoms with van der Waals surface area (Å²) >= 11 is 0. The number of nitrogens with zero attached hydrogens (tertiary/aromatic N) is 2.